The summed E-state index contributed by atoms with van der Waals surface area (Å²) in [5.41, 5.74) is 3.71. The zero-order valence-corrected chi connectivity index (χ0v) is 16.1. The Morgan fingerprint density at radius 1 is 1.07 bits per heavy atom. The molecule has 0 heterocycles. The molecule has 0 aliphatic heterocycles. The minimum Gasteiger partial charge on any atom is -0.497 e. The summed E-state index contributed by atoms with van der Waals surface area (Å²) in [6, 6.07) is 14.3. The number of nitrogens with zero attached hydrogens (tertiary/aromatic N) is 1. The Bertz CT molecular complexity index is 804. The quantitative estimate of drug-likeness (QED) is 0.285. The molecule has 0 saturated carbocycles. The van der Waals surface area contributed by atoms with E-state index in [1.807, 2.05) is 24.3 Å². The van der Waals surface area contributed by atoms with E-state index in [0.717, 1.165) is 24.2 Å². The van der Waals surface area contributed by atoms with E-state index >= 15 is 0 Å². The third kappa shape index (κ3) is 7.49. The number of hydrogen-bond acceptors (Lipinski definition) is 5. The molecule has 2 N–H and O–H groups in total. The molecule has 0 aliphatic rings. The Hall–Kier alpha value is -3.35. The van der Waals surface area contributed by atoms with E-state index in [1.54, 1.807) is 31.4 Å². The van der Waals surface area contributed by atoms with Gasteiger partial charge in [0.25, 0.3) is 0 Å². The zero-order valence-electron chi connectivity index (χ0n) is 16.1. The van der Waals surface area contributed by atoms with Crippen LogP contribution in [0.3, 0.4) is 0 Å². The highest BCUT2D eigenvalue weighted by Crippen LogP contribution is 2.16. The summed E-state index contributed by atoms with van der Waals surface area (Å²) in [4.78, 5) is 23.8. The van der Waals surface area contributed by atoms with Crippen LogP contribution in [0.4, 0.5) is 5.69 Å². The molecule has 7 heteroatoms. The summed E-state index contributed by atoms with van der Waals surface area (Å²) < 4.78 is 10.7. The lowest BCUT2D eigenvalue weighted by atomic mass is 10.2. The lowest BCUT2D eigenvalue weighted by Gasteiger charge is -2.06. The molecule has 0 radical (unpaired) electrons. The van der Waals surface area contributed by atoms with Gasteiger partial charge in [-0.3, -0.25) is 9.59 Å². The van der Waals surface area contributed by atoms with Gasteiger partial charge >= 0.3 is 0 Å². The average molecular weight is 383 g/mol. The van der Waals surface area contributed by atoms with Crippen LogP contribution in [0.25, 0.3) is 0 Å². The normalized spacial score (nSPS) is 10.5. The lowest BCUT2D eigenvalue weighted by molar-refractivity contribution is -0.126. The second kappa shape index (κ2) is 11.4. The number of benzene rings is 2. The van der Waals surface area contributed by atoms with E-state index in [4.69, 9.17) is 9.47 Å². The first kappa shape index (κ1) is 21.0. The molecule has 2 aromatic rings. The van der Waals surface area contributed by atoms with E-state index in [9.17, 15) is 9.59 Å². The number of unbranched alkanes of at least 4 members (excludes halogenated alkanes) is 1. The minimum absolute atomic E-state index is 0.335. The van der Waals surface area contributed by atoms with E-state index in [2.05, 4.69) is 22.8 Å². The summed E-state index contributed by atoms with van der Waals surface area (Å²) in [5, 5.41) is 6.51. The molecule has 0 bridgehead atoms. The van der Waals surface area contributed by atoms with Gasteiger partial charge in [-0.25, -0.2) is 5.43 Å². The molecule has 2 aromatic carbocycles. The predicted octanol–water partition coefficient (Wildman–Crippen LogP) is 3.35. The number of hydrazone groups is 1. The van der Waals surface area contributed by atoms with Crippen molar-refractivity contribution in [3.8, 4) is 11.5 Å². The fourth-order valence-electron chi connectivity index (χ4n) is 2.25. The largest absolute Gasteiger partial charge is 0.497 e. The molecule has 2 amide bonds. The van der Waals surface area contributed by atoms with Crippen LogP contribution in [0.1, 0.15) is 31.7 Å². The van der Waals surface area contributed by atoms with Gasteiger partial charge in [-0.1, -0.05) is 19.4 Å². The smallest absolute Gasteiger partial charge is 0.249 e. The van der Waals surface area contributed by atoms with Gasteiger partial charge < -0.3 is 14.8 Å². The van der Waals surface area contributed by atoms with Crippen LogP contribution in [0.15, 0.2) is 53.6 Å². The number of amides is 2. The fraction of sp³-hybridized carbons (Fsp3) is 0.286. The van der Waals surface area contributed by atoms with Crippen molar-refractivity contribution in [1.82, 2.24) is 5.43 Å². The van der Waals surface area contributed by atoms with E-state index in [0.29, 0.717) is 18.0 Å². The lowest BCUT2D eigenvalue weighted by Crippen LogP contribution is -2.24. The third-order valence-electron chi connectivity index (χ3n) is 3.72. The molecule has 0 saturated heterocycles. The van der Waals surface area contributed by atoms with Crippen molar-refractivity contribution in [2.75, 3.05) is 19.0 Å². The first-order chi connectivity index (χ1) is 13.6. The topological polar surface area (TPSA) is 89.0 Å². The number of rotatable bonds is 10. The Morgan fingerprint density at radius 2 is 1.86 bits per heavy atom. The van der Waals surface area contributed by atoms with E-state index < -0.39 is 11.8 Å². The molecule has 2 rings (SSSR count). The first-order valence-corrected chi connectivity index (χ1v) is 9.09. The van der Waals surface area contributed by atoms with E-state index in [-0.39, 0.29) is 6.42 Å². The van der Waals surface area contributed by atoms with Crippen LogP contribution in [0, 0.1) is 0 Å². The van der Waals surface area contributed by atoms with Crippen molar-refractivity contribution < 1.29 is 19.1 Å². The van der Waals surface area contributed by atoms with Gasteiger partial charge in [-0.2, -0.15) is 5.10 Å². The Balaban J connectivity index is 1.75. The molecule has 0 fully saturated rings. The van der Waals surface area contributed by atoms with Crippen molar-refractivity contribution in [2.45, 2.75) is 26.2 Å². The summed E-state index contributed by atoms with van der Waals surface area (Å²) in [5.74, 6) is 0.475. The van der Waals surface area contributed by atoms with Gasteiger partial charge in [-0.15, -0.1) is 0 Å². The molecule has 0 atom stereocenters. The van der Waals surface area contributed by atoms with Crippen molar-refractivity contribution >= 4 is 23.7 Å². The number of carbonyl (C=O) groups is 2. The average Bonchev–Trinajstić information content (AvgIpc) is 2.69. The molecule has 0 aliphatic carbocycles. The summed E-state index contributed by atoms with van der Waals surface area (Å²) in [6.45, 7) is 2.80. The van der Waals surface area contributed by atoms with Gasteiger partial charge in [0.1, 0.15) is 17.9 Å². The third-order valence-corrected chi connectivity index (χ3v) is 3.72. The summed E-state index contributed by atoms with van der Waals surface area (Å²) in [6.07, 6.45) is 3.27. The summed E-state index contributed by atoms with van der Waals surface area (Å²) >= 11 is 0. The maximum atomic E-state index is 11.9. The zero-order chi connectivity index (χ0) is 20.2. The predicted molar refractivity (Wildman–Crippen MR) is 109 cm³/mol. The number of ether oxygens (including phenoxy) is 2. The van der Waals surface area contributed by atoms with Crippen LogP contribution in [0.5, 0.6) is 11.5 Å². The molecule has 28 heavy (non-hydrogen) atoms. The van der Waals surface area contributed by atoms with Crippen molar-refractivity contribution in [2.24, 2.45) is 5.10 Å². The Morgan fingerprint density at radius 3 is 2.57 bits per heavy atom. The second-order valence-electron chi connectivity index (χ2n) is 6.02. The number of hydrogen-bond donors (Lipinski definition) is 2. The minimum atomic E-state index is -0.504. The van der Waals surface area contributed by atoms with Gasteiger partial charge in [-0.05, 0) is 48.4 Å². The molecular formula is C21H25N3O4. The molecule has 0 spiro atoms. The van der Waals surface area contributed by atoms with Gasteiger partial charge in [0, 0.05) is 11.8 Å². The molecule has 0 aromatic heterocycles. The Labute approximate surface area is 164 Å². The number of nitrogens with one attached hydrogen (secondary N) is 2. The van der Waals surface area contributed by atoms with Crippen molar-refractivity contribution in [3.63, 3.8) is 0 Å². The Kier molecular flexibility index (Phi) is 8.52. The number of methoxy groups -OCH3 is 1. The monoisotopic (exact) mass is 383 g/mol. The molecular weight excluding hydrogens is 358 g/mol. The highest BCUT2D eigenvalue weighted by Gasteiger charge is 2.09. The van der Waals surface area contributed by atoms with Gasteiger partial charge in [0.2, 0.25) is 11.8 Å². The summed E-state index contributed by atoms with van der Waals surface area (Å²) in [7, 11) is 1.54. The van der Waals surface area contributed by atoms with Gasteiger partial charge in [0.15, 0.2) is 0 Å². The highest BCUT2D eigenvalue weighted by molar-refractivity contribution is 6.03. The van der Waals surface area contributed by atoms with Crippen LogP contribution >= 0.6 is 0 Å². The SMILES string of the molecule is CCCCOc1ccc(C=NNC(=O)CC(=O)Nc2cccc(OC)c2)cc1. The van der Waals surface area contributed by atoms with Crippen LogP contribution in [0.2, 0.25) is 0 Å². The second-order valence-corrected chi connectivity index (χ2v) is 6.02. The maximum Gasteiger partial charge on any atom is 0.249 e. The molecule has 0 unspecified atom stereocenters. The molecule has 7 nitrogen and oxygen atoms in total. The van der Waals surface area contributed by atoms with Gasteiger partial charge in [0.05, 0.1) is 19.9 Å². The van der Waals surface area contributed by atoms with Crippen molar-refractivity contribution in [3.05, 3.63) is 54.1 Å². The highest BCUT2D eigenvalue weighted by atomic mass is 16.5. The van der Waals surface area contributed by atoms with Crippen LogP contribution in [-0.2, 0) is 9.59 Å². The molecule has 148 valence electrons. The van der Waals surface area contributed by atoms with Crippen molar-refractivity contribution in [1.29, 1.82) is 0 Å². The fourth-order valence-corrected chi connectivity index (χ4v) is 2.25. The van der Waals surface area contributed by atoms with Crippen LogP contribution < -0.4 is 20.2 Å². The number of anilines is 1. The maximum absolute atomic E-state index is 11.9. The standard InChI is InChI=1S/C21H25N3O4/c1-3-4-12-28-18-10-8-16(9-11-18)15-22-24-21(26)14-20(25)23-17-6-5-7-19(13-17)27-2/h5-11,13,15H,3-4,12,14H2,1-2H3,(H,23,25)(H,24,26). The van der Waals surface area contributed by atoms with Crippen LogP contribution in [-0.4, -0.2) is 31.7 Å². The number of carbonyl (C=O) groups excluding carboxylic acids is 2. The first-order valence-electron chi connectivity index (χ1n) is 9.09. The van der Waals surface area contributed by atoms with E-state index in [1.165, 1.54) is 6.21 Å².